The van der Waals surface area contributed by atoms with E-state index in [1.54, 1.807) is 4.90 Å². The standard InChI is InChI=1S/C10H18N2O3/c1-7-2-3-8(14-7)5-12-6-9(4-11)15-10(12)13/h7-9H,2-6,11H2,1H3. The molecule has 0 aromatic heterocycles. The van der Waals surface area contributed by atoms with E-state index >= 15 is 0 Å². The van der Waals surface area contributed by atoms with Gasteiger partial charge in [-0.15, -0.1) is 0 Å². The third-order valence-electron chi connectivity index (χ3n) is 2.96. The van der Waals surface area contributed by atoms with Crippen molar-refractivity contribution in [1.82, 2.24) is 4.90 Å². The van der Waals surface area contributed by atoms with Crippen LogP contribution in [0.1, 0.15) is 19.8 Å². The second-order valence-corrected chi connectivity index (χ2v) is 4.29. The van der Waals surface area contributed by atoms with E-state index in [1.807, 2.05) is 0 Å². The summed E-state index contributed by atoms with van der Waals surface area (Å²) < 4.78 is 10.7. The Balaban J connectivity index is 1.82. The van der Waals surface area contributed by atoms with Crippen molar-refractivity contribution in [2.24, 2.45) is 5.73 Å². The lowest BCUT2D eigenvalue weighted by Gasteiger charge is -2.18. The Hall–Kier alpha value is -0.810. The first kappa shape index (κ1) is 10.7. The highest BCUT2D eigenvalue weighted by atomic mass is 16.6. The van der Waals surface area contributed by atoms with E-state index in [-0.39, 0.29) is 18.3 Å². The minimum atomic E-state index is -0.256. The summed E-state index contributed by atoms with van der Waals surface area (Å²) in [4.78, 5) is 13.1. The highest BCUT2D eigenvalue weighted by Crippen LogP contribution is 2.21. The van der Waals surface area contributed by atoms with Gasteiger partial charge in [-0.2, -0.15) is 0 Å². The van der Waals surface area contributed by atoms with Gasteiger partial charge >= 0.3 is 6.09 Å². The summed E-state index contributed by atoms with van der Waals surface area (Å²) in [5, 5.41) is 0. The molecule has 2 rings (SSSR count). The number of amides is 1. The van der Waals surface area contributed by atoms with Crippen molar-refractivity contribution < 1.29 is 14.3 Å². The van der Waals surface area contributed by atoms with Gasteiger partial charge in [-0.25, -0.2) is 4.79 Å². The number of nitrogens with two attached hydrogens (primary N) is 1. The van der Waals surface area contributed by atoms with E-state index in [1.165, 1.54) is 0 Å². The fraction of sp³-hybridized carbons (Fsp3) is 0.900. The van der Waals surface area contributed by atoms with Crippen LogP contribution >= 0.6 is 0 Å². The third kappa shape index (κ3) is 2.41. The zero-order valence-corrected chi connectivity index (χ0v) is 9.02. The number of carbonyl (C=O) groups is 1. The number of nitrogens with zero attached hydrogens (tertiary/aromatic N) is 1. The van der Waals surface area contributed by atoms with Crippen molar-refractivity contribution in [2.45, 2.75) is 38.1 Å². The molecule has 2 heterocycles. The molecule has 0 aromatic carbocycles. The Morgan fingerprint density at radius 2 is 2.27 bits per heavy atom. The average Bonchev–Trinajstić information content (AvgIpc) is 2.75. The van der Waals surface area contributed by atoms with Crippen molar-refractivity contribution in [3.8, 4) is 0 Å². The molecule has 0 aromatic rings. The van der Waals surface area contributed by atoms with Crippen LogP contribution in [0.25, 0.3) is 0 Å². The summed E-state index contributed by atoms with van der Waals surface area (Å²) in [7, 11) is 0. The highest BCUT2D eigenvalue weighted by molar-refractivity contribution is 5.69. The minimum Gasteiger partial charge on any atom is -0.443 e. The van der Waals surface area contributed by atoms with E-state index in [9.17, 15) is 4.79 Å². The average molecular weight is 214 g/mol. The van der Waals surface area contributed by atoms with Crippen molar-refractivity contribution in [3.05, 3.63) is 0 Å². The van der Waals surface area contributed by atoms with Crippen LogP contribution in [-0.4, -0.2) is 48.9 Å². The van der Waals surface area contributed by atoms with Crippen LogP contribution in [-0.2, 0) is 9.47 Å². The predicted molar refractivity (Wildman–Crippen MR) is 54.5 cm³/mol. The number of hydrogen-bond donors (Lipinski definition) is 1. The number of cyclic esters (lactones) is 1. The zero-order chi connectivity index (χ0) is 10.8. The monoisotopic (exact) mass is 214 g/mol. The maximum atomic E-state index is 11.4. The van der Waals surface area contributed by atoms with Gasteiger partial charge in [0.2, 0.25) is 0 Å². The molecule has 2 fully saturated rings. The van der Waals surface area contributed by atoms with E-state index in [4.69, 9.17) is 15.2 Å². The normalized spacial score (nSPS) is 36.0. The molecule has 2 saturated heterocycles. The van der Waals surface area contributed by atoms with Gasteiger partial charge in [0, 0.05) is 6.54 Å². The maximum absolute atomic E-state index is 11.4. The maximum Gasteiger partial charge on any atom is 0.410 e. The van der Waals surface area contributed by atoms with Crippen LogP contribution in [0.2, 0.25) is 0 Å². The van der Waals surface area contributed by atoms with Crippen LogP contribution in [0.5, 0.6) is 0 Å². The Kier molecular flexibility index (Phi) is 3.11. The molecular weight excluding hydrogens is 196 g/mol. The topological polar surface area (TPSA) is 64.8 Å². The quantitative estimate of drug-likeness (QED) is 0.735. The molecule has 15 heavy (non-hydrogen) atoms. The highest BCUT2D eigenvalue weighted by Gasteiger charge is 2.33. The number of carbonyl (C=O) groups excluding carboxylic acids is 1. The molecule has 0 bridgehead atoms. The van der Waals surface area contributed by atoms with Gasteiger partial charge < -0.3 is 20.1 Å². The molecular formula is C10H18N2O3. The van der Waals surface area contributed by atoms with E-state index in [0.29, 0.717) is 25.7 Å². The molecule has 0 saturated carbocycles. The zero-order valence-electron chi connectivity index (χ0n) is 9.02. The largest absolute Gasteiger partial charge is 0.443 e. The van der Waals surface area contributed by atoms with Crippen molar-refractivity contribution in [2.75, 3.05) is 19.6 Å². The van der Waals surface area contributed by atoms with Crippen molar-refractivity contribution >= 4 is 6.09 Å². The first-order valence-corrected chi connectivity index (χ1v) is 5.50. The summed E-state index contributed by atoms with van der Waals surface area (Å²) in [6, 6.07) is 0. The van der Waals surface area contributed by atoms with Gasteiger partial charge in [0.1, 0.15) is 6.10 Å². The van der Waals surface area contributed by atoms with Gasteiger partial charge in [0.05, 0.1) is 25.3 Å². The first-order valence-electron chi connectivity index (χ1n) is 5.50. The summed E-state index contributed by atoms with van der Waals surface area (Å²) in [5.41, 5.74) is 5.45. The van der Waals surface area contributed by atoms with E-state index < -0.39 is 0 Å². The lowest BCUT2D eigenvalue weighted by Crippen LogP contribution is -2.34. The molecule has 2 N–H and O–H groups in total. The summed E-state index contributed by atoms with van der Waals surface area (Å²) in [6.07, 6.45) is 2.19. The Bertz CT molecular complexity index is 247. The number of rotatable bonds is 3. The lowest BCUT2D eigenvalue weighted by molar-refractivity contribution is 0.0396. The molecule has 5 nitrogen and oxygen atoms in total. The molecule has 0 radical (unpaired) electrons. The van der Waals surface area contributed by atoms with Crippen LogP contribution < -0.4 is 5.73 Å². The molecule has 2 aliphatic heterocycles. The van der Waals surface area contributed by atoms with Gasteiger partial charge in [-0.05, 0) is 19.8 Å². The van der Waals surface area contributed by atoms with Crippen LogP contribution in [0, 0.1) is 0 Å². The SMILES string of the molecule is CC1CCC(CN2CC(CN)OC2=O)O1. The fourth-order valence-electron chi connectivity index (χ4n) is 2.11. The Morgan fingerprint density at radius 1 is 1.47 bits per heavy atom. The Morgan fingerprint density at radius 3 is 2.80 bits per heavy atom. The van der Waals surface area contributed by atoms with Gasteiger partial charge in [-0.1, -0.05) is 0 Å². The molecule has 86 valence electrons. The van der Waals surface area contributed by atoms with Crippen LogP contribution in [0.3, 0.4) is 0 Å². The second kappa shape index (κ2) is 4.37. The van der Waals surface area contributed by atoms with Crippen molar-refractivity contribution in [3.63, 3.8) is 0 Å². The third-order valence-corrected chi connectivity index (χ3v) is 2.96. The molecule has 2 aliphatic rings. The molecule has 3 unspecified atom stereocenters. The molecule has 5 heteroatoms. The number of hydrogen-bond acceptors (Lipinski definition) is 4. The molecule has 1 amide bonds. The summed E-state index contributed by atoms with van der Waals surface area (Å²) in [6.45, 7) is 3.69. The van der Waals surface area contributed by atoms with Gasteiger partial charge in [0.25, 0.3) is 0 Å². The second-order valence-electron chi connectivity index (χ2n) is 4.29. The summed E-state index contributed by atoms with van der Waals surface area (Å²) >= 11 is 0. The molecule has 0 spiro atoms. The smallest absolute Gasteiger partial charge is 0.410 e. The minimum absolute atomic E-state index is 0.142. The van der Waals surface area contributed by atoms with Gasteiger partial charge in [0.15, 0.2) is 0 Å². The van der Waals surface area contributed by atoms with E-state index in [2.05, 4.69) is 6.92 Å². The van der Waals surface area contributed by atoms with Crippen molar-refractivity contribution in [1.29, 1.82) is 0 Å². The molecule has 0 aliphatic carbocycles. The fourth-order valence-corrected chi connectivity index (χ4v) is 2.11. The van der Waals surface area contributed by atoms with E-state index in [0.717, 1.165) is 12.8 Å². The summed E-state index contributed by atoms with van der Waals surface area (Å²) in [5.74, 6) is 0. The lowest BCUT2D eigenvalue weighted by atomic mass is 10.2. The van der Waals surface area contributed by atoms with Crippen LogP contribution in [0.4, 0.5) is 4.79 Å². The number of ether oxygens (including phenoxy) is 2. The first-order chi connectivity index (χ1) is 7.19. The van der Waals surface area contributed by atoms with Crippen LogP contribution in [0.15, 0.2) is 0 Å². The predicted octanol–water partition coefficient (Wildman–Crippen LogP) is 0.333. The van der Waals surface area contributed by atoms with Gasteiger partial charge in [-0.3, -0.25) is 0 Å². The molecule has 3 atom stereocenters. The Labute approximate surface area is 89.5 Å².